The average Bonchev–Trinajstić information content (AvgIpc) is 2.69. The van der Waals surface area contributed by atoms with Crippen LogP contribution in [0.4, 0.5) is 0 Å². The van der Waals surface area contributed by atoms with Gasteiger partial charge in [0.1, 0.15) is 11.5 Å². The lowest BCUT2D eigenvalue weighted by molar-refractivity contribution is 0.0909. The third-order valence-corrected chi connectivity index (χ3v) is 4.11. The van der Waals surface area contributed by atoms with Crippen LogP contribution in [0.3, 0.4) is 0 Å². The van der Waals surface area contributed by atoms with Crippen molar-refractivity contribution >= 4 is 17.5 Å². The van der Waals surface area contributed by atoms with E-state index in [0.717, 1.165) is 18.6 Å². The van der Waals surface area contributed by atoms with Crippen LogP contribution in [0.1, 0.15) is 47.6 Å². The molecule has 1 aliphatic rings. The summed E-state index contributed by atoms with van der Waals surface area (Å²) in [4.78, 5) is 12.2. The summed E-state index contributed by atoms with van der Waals surface area (Å²) in [6.45, 7) is 3.67. The van der Waals surface area contributed by atoms with Gasteiger partial charge in [0.05, 0.1) is 5.56 Å². The topological polar surface area (TPSA) is 42.2 Å². The van der Waals surface area contributed by atoms with E-state index in [1.54, 1.807) is 6.07 Å². The van der Waals surface area contributed by atoms with Crippen LogP contribution in [0, 0.1) is 19.8 Å². The monoisotopic (exact) mass is 269 g/mol. The maximum atomic E-state index is 12.2. The van der Waals surface area contributed by atoms with Crippen LogP contribution in [0.25, 0.3) is 0 Å². The Hall–Kier alpha value is -0.960. The van der Waals surface area contributed by atoms with Crippen molar-refractivity contribution in [3.8, 4) is 0 Å². The lowest BCUT2D eigenvalue weighted by Gasteiger charge is -2.30. The standard InChI is InChI=1S/C14H20ClNO2/c1-9-7-12(10(2)18-9)14(17)16-13-6-4-3-5-11(13)8-15/h7,11,13H,3-6,8H2,1-2H3,(H,16,17). The molecule has 0 saturated heterocycles. The number of hydrogen-bond donors (Lipinski definition) is 1. The van der Waals surface area contributed by atoms with E-state index in [0.29, 0.717) is 23.1 Å². The molecule has 1 fully saturated rings. The quantitative estimate of drug-likeness (QED) is 0.855. The fraction of sp³-hybridized carbons (Fsp3) is 0.643. The summed E-state index contributed by atoms with van der Waals surface area (Å²) in [6, 6.07) is 2.00. The molecular weight excluding hydrogens is 250 g/mol. The molecule has 2 atom stereocenters. The van der Waals surface area contributed by atoms with E-state index in [2.05, 4.69) is 5.32 Å². The largest absolute Gasteiger partial charge is 0.466 e. The Labute approximate surface area is 113 Å². The summed E-state index contributed by atoms with van der Waals surface area (Å²) in [5.41, 5.74) is 0.645. The summed E-state index contributed by atoms with van der Waals surface area (Å²) < 4.78 is 5.39. The summed E-state index contributed by atoms with van der Waals surface area (Å²) in [5, 5.41) is 3.11. The third kappa shape index (κ3) is 2.89. The van der Waals surface area contributed by atoms with Crippen molar-refractivity contribution in [3.63, 3.8) is 0 Å². The van der Waals surface area contributed by atoms with E-state index < -0.39 is 0 Å². The van der Waals surface area contributed by atoms with Crippen molar-refractivity contribution in [2.75, 3.05) is 5.88 Å². The van der Waals surface area contributed by atoms with Gasteiger partial charge in [-0.1, -0.05) is 12.8 Å². The van der Waals surface area contributed by atoms with Crippen molar-refractivity contribution < 1.29 is 9.21 Å². The average molecular weight is 270 g/mol. The van der Waals surface area contributed by atoms with Crippen LogP contribution < -0.4 is 5.32 Å². The number of furan rings is 1. The minimum atomic E-state index is -0.0358. The first-order valence-electron chi connectivity index (χ1n) is 6.55. The molecule has 3 nitrogen and oxygen atoms in total. The molecule has 100 valence electrons. The normalized spacial score (nSPS) is 23.9. The number of alkyl halides is 1. The molecule has 2 unspecified atom stereocenters. The highest BCUT2D eigenvalue weighted by Gasteiger charge is 2.27. The number of halogens is 1. The smallest absolute Gasteiger partial charge is 0.255 e. The molecule has 1 aliphatic carbocycles. The number of nitrogens with one attached hydrogen (secondary N) is 1. The minimum Gasteiger partial charge on any atom is -0.466 e. The first-order chi connectivity index (χ1) is 8.61. The number of rotatable bonds is 3. The molecule has 0 radical (unpaired) electrons. The van der Waals surface area contributed by atoms with E-state index in [1.807, 2.05) is 13.8 Å². The van der Waals surface area contributed by atoms with Gasteiger partial charge < -0.3 is 9.73 Å². The molecule has 4 heteroatoms. The second kappa shape index (κ2) is 5.79. The van der Waals surface area contributed by atoms with E-state index in [9.17, 15) is 4.79 Å². The molecule has 1 N–H and O–H groups in total. The molecule has 0 bridgehead atoms. The van der Waals surface area contributed by atoms with Crippen molar-refractivity contribution in [1.82, 2.24) is 5.32 Å². The number of amides is 1. The Kier molecular flexibility index (Phi) is 4.33. The van der Waals surface area contributed by atoms with E-state index in [1.165, 1.54) is 12.8 Å². The Morgan fingerprint density at radius 3 is 2.78 bits per heavy atom. The lowest BCUT2D eigenvalue weighted by atomic mass is 9.85. The van der Waals surface area contributed by atoms with Gasteiger partial charge in [0.2, 0.25) is 0 Å². The first kappa shape index (κ1) is 13.5. The van der Waals surface area contributed by atoms with Crippen LogP contribution in [-0.2, 0) is 0 Å². The Bertz CT molecular complexity index is 427. The number of carbonyl (C=O) groups excluding carboxylic acids is 1. The zero-order chi connectivity index (χ0) is 13.1. The summed E-state index contributed by atoms with van der Waals surface area (Å²) in [7, 11) is 0. The number of carbonyl (C=O) groups is 1. The predicted molar refractivity (Wildman–Crippen MR) is 72.1 cm³/mol. The van der Waals surface area contributed by atoms with Gasteiger partial charge in [0.25, 0.3) is 5.91 Å². The highest BCUT2D eigenvalue weighted by Crippen LogP contribution is 2.26. The highest BCUT2D eigenvalue weighted by molar-refractivity contribution is 6.18. The van der Waals surface area contributed by atoms with Crippen molar-refractivity contribution in [3.05, 3.63) is 23.2 Å². The molecule has 0 spiro atoms. The second-order valence-corrected chi connectivity index (χ2v) is 5.41. The van der Waals surface area contributed by atoms with Crippen molar-refractivity contribution in [2.45, 2.75) is 45.6 Å². The minimum absolute atomic E-state index is 0.0358. The molecular formula is C14H20ClNO2. The zero-order valence-electron chi connectivity index (χ0n) is 11.0. The number of hydrogen-bond acceptors (Lipinski definition) is 2. The van der Waals surface area contributed by atoms with Gasteiger partial charge in [-0.15, -0.1) is 11.6 Å². The second-order valence-electron chi connectivity index (χ2n) is 5.11. The van der Waals surface area contributed by atoms with E-state index in [4.69, 9.17) is 16.0 Å². The van der Waals surface area contributed by atoms with Gasteiger partial charge in [-0.05, 0) is 38.7 Å². The molecule has 18 heavy (non-hydrogen) atoms. The van der Waals surface area contributed by atoms with Crippen LogP contribution in [0.5, 0.6) is 0 Å². The molecule has 1 aromatic heterocycles. The van der Waals surface area contributed by atoms with Crippen LogP contribution in [0.15, 0.2) is 10.5 Å². The summed E-state index contributed by atoms with van der Waals surface area (Å²) in [5.74, 6) is 2.44. The molecule has 0 aromatic carbocycles. The Balaban J connectivity index is 2.04. The maximum absolute atomic E-state index is 12.2. The zero-order valence-corrected chi connectivity index (χ0v) is 11.7. The molecule has 2 rings (SSSR count). The fourth-order valence-corrected chi connectivity index (χ4v) is 3.05. The van der Waals surface area contributed by atoms with Crippen molar-refractivity contribution in [1.29, 1.82) is 0 Å². The fourth-order valence-electron chi connectivity index (χ4n) is 2.68. The molecule has 1 heterocycles. The van der Waals surface area contributed by atoms with Gasteiger partial charge in [-0.25, -0.2) is 0 Å². The highest BCUT2D eigenvalue weighted by atomic mass is 35.5. The Morgan fingerprint density at radius 1 is 1.44 bits per heavy atom. The SMILES string of the molecule is Cc1cc(C(=O)NC2CCCCC2CCl)c(C)o1. The van der Waals surface area contributed by atoms with Crippen molar-refractivity contribution in [2.24, 2.45) is 5.92 Å². The van der Waals surface area contributed by atoms with Gasteiger partial charge in [-0.3, -0.25) is 4.79 Å². The molecule has 1 aromatic rings. The van der Waals surface area contributed by atoms with Gasteiger partial charge in [0.15, 0.2) is 0 Å². The Morgan fingerprint density at radius 2 is 2.17 bits per heavy atom. The number of aryl methyl sites for hydroxylation is 2. The van der Waals surface area contributed by atoms with Gasteiger partial charge in [0, 0.05) is 11.9 Å². The van der Waals surface area contributed by atoms with Gasteiger partial charge in [-0.2, -0.15) is 0 Å². The lowest BCUT2D eigenvalue weighted by Crippen LogP contribution is -2.42. The maximum Gasteiger partial charge on any atom is 0.255 e. The van der Waals surface area contributed by atoms with Crippen LogP contribution >= 0.6 is 11.6 Å². The van der Waals surface area contributed by atoms with Gasteiger partial charge >= 0.3 is 0 Å². The predicted octanol–water partition coefficient (Wildman–Crippen LogP) is 3.42. The molecule has 1 saturated carbocycles. The first-order valence-corrected chi connectivity index (χ1v) is 7.09. The van der Waals surface area contributed by atoms with E-state index >= 15 is 0 Å². The van der Waals surface area contributed by atoms with E-state index in [-0.39, 0.29) is 11.9 Å². The summed E-state index contributed by atoms with van der Waals surface area (Å²) >= 11 is 5.97. The van der Waals surface area contributed by atoms with Crippen LogP contribution in [-0.4, -0.2) is 17.8 Å². The molecule has 1 amide bonds. The summed E-state index contributed by atoms with van der Waals surface area (Å²) in [6.07, 6.45) is 4.52. The third-order valence-electron chi connectivity index (χ3n) is 3.71. The van der Waals surface area contributed by atoms with Crippen LogP contribution in [0.2, 0.25) is 0 Å². The molecule has 0 aliphatic heterocycles.